The number of rotatable bonds is 3. The average Bonchev–Trinajstić information content (AvgIpc) is 2.31. The highest BCUT2D eigenvalue weighted by molar-refractivity contribution is 5.16. The maximum absolute atomic E-state index is 3.50. The Balaban J connectivity index is 2.01. The monoisotopic (exact) mass is 218 g/mol. The van der Waals surface area contributed by atoms with Gasteiger partial charge in [-0.1, -0.05) is 30.3 Å². The lowest BCUT2D eigenvalue weighted by Crippen LogP contribution is -2.54. The van der Waals surface area contributed by atoms with Gasteiger partial charge in [-0.25, -0.2) is 0 Å². The van der Waals surface area contributed by atoms with Gasteiger partial charge in [-0.3, -0.25) is 4.90 Å². The second-order valence-electron chi connectivity index (χ2n) is 4.88. The quantitative estimate of drug-likeness (QED) is 0.834. The maximum Gasteiger partial charge on any atom is 0.0264 e. The molecule has 1 fully saturated rings. The third kappa shape index (κ3) is 2.83. The molecule has 2 rings (SSSR count). The van der Waals surface area contributed by atoms with Crippen molar-refractivity contribution in [1.82, 2.24) is 10.2 Å². The molecule has 1 aromatic rings. The summed E-state index contributed by atoms with van der Waals surface area (Å²) < 4.78 is 0. The van der Waals surface area contributed by atoms with E-state index in [1.807, 2.05) is 0 Å². The molecular formula is C14H22N2. The molecule has 1 aliphatic rings. The summed E-state index contributed by atoms with van der Waals surface area (Å²) in [7, 11) is 0. The summed E-state index contributed by atoms with van der Waals surface area (Å²) in [4.78, 5) is 2.61. The Morgan fingerprint density at radius 2 is 2.06 bits per heavy atom. The minimum atomic E-state index is 0.649. The van der Waals surface area contributed by atoms with E-state index in [1.165, 1.54) is 12.1 Å². The zero-order valence-corrected chi connectivity index (χ0v) is 10.3. The van der Waals surface area contributed by atoms with Gasteiger partial charge in [0, 0.05) is 31.7 Å². The van der Waals surface area contributed by atoms with Crippen molar-refractivity contribution in [2.45, 2.75) is 32.4 Å². The van der Waals surface area contributed by atoms with Crippen molar-refractivity contribution in [2.24, 2.45) is 0 Å². The van der Waals surface area contributed by atoms with Gasteiger partial charge in [0.05, 0.1) is 0 Å². The third-order valence-corrected chi connectivity index (χ3v) is 3.37. The summed E-state index contributed by atoms with van der Waals surface area (Å²) in [5, 5.41) is 3.50. The lowest BCUT2D eigenvalue weighted by molar-refractivity contribution is 0.123. The SMILES string of the molecule is CC(C)N1CCNCC1Cc1ccccc1. The van der Waals surface area contributed by atoms with Gasteiger partial charge < -0.3 is 5.32 Å². The molecule has 88 valence electrons. The topological polar surface area (TPSA) is 15.3 Å². The van der Waals surface area contributed by atoms with Gasteiger partial charge >= 0.3 is 0 Å². The summed E-state index contributed by atoms with van der Waals surface area (Å²) >= 11 is 0. The van der Waals surface area contributed by atoms with Crippen LogP contribution in [0.25, 0.3) is 0 Å². The van der Waals surface area contributed by atoms with Crippen LogP contribution in [-0.2, 0) is 6.42 Å². The number of hydrogen-bond acceptors (Lipinski definition) is 2. The summed E-state index contributed by atoms with van der Waals surface area (Å²) in [6, 6.07) is 12.1. The number of benzene rings is 1. The summed E-state index contributed by atoms with van der Waals surface area (Å²) in [6.07, 6.45) is 1.16. The Morgan fingerprint density at radius 1 is 1.31 bits per heavy atom. The van der Waals surface area contributed by atoms with E-state index in [0.717, 1.165) is 19.5 Å². The Kier molecular flexibility index (Phi) is 3.97. The van der Waals surface area contributed by atoms with Gasteiger partial charge in [0.1, 0.15) is 0 Å². The van der Waals surface area contributed by atoms with Gasteiger partial charge in [-0.15, -0.1) is 0 Å². The zero-order valence-electron chi connectivity index (χ0n) is 10.3. The van der Waals surface area contributed by atoms with E-state index in [-0.39, 0.29) is 0 Å². The normalized spacial score (nSPS) is 22.6. The number of nitrogens with one attached hydrogen (secondary N) is 1. The number of hydrogen-bond donors (Lipinski definition) is 1. The first kappa shape index (κ1) is 11.6. The minimum absolute atomic E-state index is 0.649. The second kappa shape index (κ2) is 5.46. The van der Waals surface area contributed by atoms with Crippen LogP contribution in [-0.4, -0.2) is 36.6 Å². The second-order valence-corrected chi connectivity index (χ2v) is 4.88. The molecule has 0 saturated carbocycles. The van der Waals surface area contributed by atoms with Crippen LogP contribution in [0.15, 0.2) is 30.3 Å². The highest BCUT2D eigenvalue weighted by Gasteiger charge is 2.23. The highest BCUT2D eigenvalue weighted by atomic mass is 15.2. The van der Waals surface area contributed by atoms with E-state index in [1.54, 1.807) is 0 Å². The van der Waals surface area contributed by atoms with E-state index < -0.39 is 0 Å². The Morgan fingerprint density at radius 3 is 2.75 bits per heavy atom. The molecule has 0 aliphatic carbocycles. The van der Waals surface area contributed by atoms with Crippen molar-refractivity contribution in [2.75, 3.05) is 19.6 Å². The number of nitrogens with zero attached hydrogens (tertiary/aromatic N) is 1. The van der Waals surface area contributed by atoms with E-state index in [9.17, 15) is 0 Å². The van der Waals surface area contributed by atoms with Gasteiger partial charge in [0.25, 0.3) is 0 Å². The van der Waals surface area contributed by atoms with Crippen LogP contribution in [0.5, 0.6) is 0 Å². The molecule has 1 saturated heterocycles. The predicted octanol–water partition coefficient (Wildman–Crippen LogP) is 1.91. The molecule has 1 atom stereocenters. The molecule has 1 unspecified atom stereocenters. The van der Waals surface area contributed by atoms with Crippen LogP contribution in [0, 0.1) is 0 Å². The molecule has 1 aromatic carbocycles. The summed E-state index contributed by atoms with van der Waals surface area (Å²) in [5.41, 5.74) is 1.45. The highest BCUT2D eigenvalue weighted by Crippen LogP contribution is 2.13. The fourth-order valence-corrected chi connectivity index (χ4v) is 2.53. The molecule has 0 spiro atoms. The Hall–Kier alpha value is -0.860. The van der Waals surface area contributed by atoms with Crippen LogP contribution < -0.4 is 5.32 Å². The first-order valence-electron chi connectivity index (χ1n) is 6.28. The first-order chi connectivity index (χ1) is 7.77. The van der Waals surface area contributed by atoms with Crippen molar-refractivity contribution >= 4 is 0 Å². The van der Waals surface area contributed by atoms with Crippen LogP contribution in [0.3, 0.4) is 0 Å². The zero-order chi connectivity index (χ0) is 11.4. The van der Waals surface area contributed by atoms with Gasteiger partial charge in [0.2, 0.25) is 0 Å². The van der Waals surface area contributed by atoms with Gasteiger partial charge in [-0.05, 0) is 25.8 Å². The van der Waals surface area contributed by atoms with Crippen molar-refractivity contribution in [3.63, 3.8) is 0 Å². The lowest BCUT2D eigenvalue weighted by Gasteiger charge is -2.39. The smallest absolute Gasteiger partial charge is 0.0264 e. The molecule has 1 aliphatic heterocycles. The van der Waals surface area contributed by atoms with Crippen molar-refractivity contribution in [3.05, 3.63) is 35.9 Å². The molecule has 0 radical (unpaired) electrons. The standard InChI is InChI=1S/C14H22N2/c1-12(2)16-9-8-15-11-14(16)10-13-6-4-3-5-7-13/h3-7,12,14-15H,8-11H2,1-2H3. The molecular weight excluding hydrogens is 196 g/mol. The van der Waals surface area contributed by atoms with Crippen molar-refractivity contribution in [1.29, 1.82) is 0 Å². The molecule has 0 bridgehead atoms. The Labute approximate surface area is 98.7 Å². The molecule has 16 heavy (non-hydrogen) atoms. The molecule has 2 nitrogen and oxygen atoms in total. The maximum atomic E-state index is 3.50. The van der Waals surface area contributed by atoms with Crippen LogP contribution >= 0.6 is 0 Å². The molecule has 1 N–H and O–H groups in total. The van der Waals surface area contributed by atoms with E-state index >= 15 is 0 Å². The summed E-state index contributed by atoms with van der Waals surface area (Å²) in [6.45, 7) is 8.01. The summed E-state index contributed by atoms with van der Waals surface area (Å²) in [5.74, 6) is 0. The average molecular weight is 218 g/mol. The molecule has 1 heterocycles. The fourth-order valence-electron chi connectivity index (χ4n) is 2.53. The Bertz CT molecular complexity index is 308. The van der Waals surface area contributed by atoms with E-state index in [4.69, 9.17) is 0 Å². The van der Waals surface area contributed by atoms with Crippen molar-refractivity contribution < 1.29 is 0 Å². The number of piperazine rings is 1. The predicted molar refractivity (Wildman–Crippen MR) is 68.6 cm³/mol. The van der Waals surface area contributed by atoms with Crippen LogP contribution in [0.2, 0.25) is 0 Å². The molecule has 2 heteroatoms. The van der Waals surface area contributed by atoms with E-state index in [2.05, 4.69) is 54.4 Å². The molecule has 0 amide bonds. The van der Waals surface area contributed by atoms with Gasteiger partial charge in [0.15, 0.2) is 0 Å². The first-order valence-corrected chi connectivity index (χ1v) is 6.28. The van der Waals surface area contributed by atoms with Crippen LogP contribution in [0.1, 0.15) is 19.4 Å². The largest absolute Gasteiger partial charge is 0.314 e. The lowest BCUT2D eigenvalue weighted by atomic mass is 10.0. The van der Waals surface area contributed by atoms with Gasteiger partial charge in [-0.2, -0.15) is 0 Å². The van der Waals surface area contributed by atoms with E-state index in [0.29, 0.717) is 12.1 Å². The van der Waals surface area contributed by atoms with Crippen LogP contribution in [0.4, 0.5) is 0 Å². The minimum Gasteiger partial charge on any atom is -0.314 e. The fraction of sp³-hybridized carbons (Fsp3) is 0.571. The molecule has 0 aromatic heterocycles. The van der Waals surface area contributed by atoms with Crippen molar-refractivity contribution in [3.8, 4) is 0 Å². The third-order valence-electron chi connectivity index (χ3n) is 3.37.